The molecule has 3 unspecified atom stereocenters. The first-order valence-electron chi connectivity index (χ1n) is 6.60. The van der Waals surface area contributed by atoms with Crippen LogP contribution in [0.2, 0.25) is 0 Å². The maximum Gasteiger partial charge on any atom is 0.212 e. The van der Waals surface area contributed by atoms with Crippen LogP contribution >= 0.6 is 15.9 Å². The average molecular weight is 307 g/mol. The topological polar surface area (TPSA) is 38.1 Å². The summed E-state index contributed by atoms with van der Waals surface area (Å²) in [4.78, 5) is 4.66. The Hall–Kier alpha value is -0.870. The van der Waals surface area contributed by atoms with Crippen molar-refractivity contribution in [3.63, 3.8) is 0 Å². The molecule has 3 atom stereocenters. The molecule has 3 nitrogen and oxygen atoms in total. The van der Waals surface area contributed by atoms with Gasteiger partial charge < -0.3 is 9.73 Å². The van der Waals surface area contributed by atoms with Crippen LogP contribution in [0.25, 0.3) is 11.1 Å². The van der Waals surface area contributed by atoms with Crippen molar-refractivity contribution in [2.75, 3.05) is 6.54 Å². The van der Waals surface area contributed by atoms with Crippen LogP contribution in [0, 0.1) is 11.8 Å². The highest BCUT2D eigenvalue weighted by atomic mass is 79.9. The zero-order valence-corrected chi connectivity index (χ0v) is 11.6. The van der Waals surface area contributed by atoms with Crippen molar-refractivity contribution < 1.29 is 4.42 Å². The summed E-state index contributed by atoms with van der Waals surface area (Å²) in [5, 5.41) is 3.58. The number of nitrogens with zero attached hydrogens (tertiary/aromatic N) is 1. The number of nitrogens with one attached hydrogen (secondary N) is 1. The van der Waals surface area contributed by atoms with Gasteiger partial charge >= 0.3 is 0 Å². The van der Waals surface area contributed by atoms with Crippen LogP contribution in [0.15, 0.2) is 27.1 Å². The zero-order chi connectivity index (χ0) is 12.1. The first kappa shape index (κ1) is 11.0. The minimum Gasteiger partial charge on any atom is -0.439 e. The molecule has 1 aromatic heterocycles. The monoisotopic (exact) mass is 306 g/mol. The Bertz CT molecular complexity index is 594. The van der Waals surface area contributed by atoms with Gasteiger partial charge in [-0.1, -0.05) is 22.4 Å². The van der Waals surface area contributed by atoms with Crippen LogP contribution in [-0.2, 0) is 0 Å². The first-order valence-corrected chi connectivity index (χ1v) is 7.40. The number of oxazole rings is 1. The Morgan fingerprint density at radius 1 is 1.33 bits per heavy atom. The smallest absolute Gasteiger partial charge is 0.212 e. The minimum atomic E-state index is 0.323. The van der Waals surface area contributed by atoms with Crippen molar-refractivity contribution in [2.45, 2.75) is 25.3 Å². The summed E-state index contributed by atoms with van der Waals surface area (Å²) in [6.07, 6.45) is 4.03. The predicted octanol–water partition coefficient (Wildman–Crippen LogP) is 3.65. The second-order valence-corrected chi connectivity index (χ2v) is 6.32. The van der Waals surface area contributed by atoms with E-state index in [1.54, 1.807) is 0 Å². The van der Waals surface area contributed by atoms with E-state index in [9.17, 15) is 0 Å². The fourth-order valence-corrected chi connectivity index (χ4v) is 3.86. The molecule has 1 saturated carbocycles. The van der Waals surface area contributed by atoms with Gasteiger partial charge in [-0.05, 0) is 49.4 Å². The molecular formula is C14H15BrN2O. The third-order valence-corrected chi connectivity index (χ3v) is 4.87. The number of aromatic nitrogens is 1. The number of benzene rings is 1. The number of hydrogen-bond donors (Lipinski definition) is 1. The minimum absolute atomic E-state index is 0.323. The van der Waals surface area contributed by atoms with Gasteiger partial charge in [0.25, 0.3) is 0 Å². The molecule has 1 aliphatic carbocycles. The highest BCUT2D eigenvalue weighted by Crippen LogP contribution is 2.44. The van der Waals surface area contributed by atoms with Crippen LogP contribution in [-0.4, -0.2) is 11.5 Å². The normalized spacial score (nSPS) is 31.1. The quantitative estimate of drug-likeness (QED) is 0.874. The Morgan fingerprint density at radius 3 is 3.22 bits per heavy atom. The molecule has 1 N–H and O–H groups in total. The van der Waals surface area contributed by atoms with Gasteiger partial charge in [0.05, 0.1) is 6.04 Å². The van der Waals surface area contributed by atoms with E-state index in [0.29, 0.717) is 6.04 Å². The van der Waals surface area contributed by atoms with Gasteiger partial charge in [-0.15, -0.1) is 0 Å². The lowest BCUT2D eigenvalue weighted by atomic mass is 9.94. The number of halogens is 1. The van der Waals surface area contributed by atoms with Crippen molar-refractivity contribution in [3.05, 3.63) is 28.6 Å². The second-order valence-electron chi connectivity index (χ2n) is 5.40. The Labute approximate surface area is 114 Å². The molecule has 94 valence electrons. The van der Waals surface area contributed by atoms with Gasteiger partial charge in [-0.25, -0.2) is 4.98 Å². The molecule has 0 radical (unpaired) electrons. The van der Waals surface area contributed by atoms with Crippen LogP contribution < -0.4 is 5.32 Å². The van der Waals surface area contributed by atoms with Crippen LogP contribution in [0.3, 0.4) is 0 Å². The maximum absolute atomic E-state index is 5.92. The molecule has 18 heavy (non-hydrogen) atoms. The molecule has 2 fully saturated rings. The van der Waals surface area contributed by atoms with E-state index < -0.39 is 0 Å². The molecule has 2 heterocycles. The molecule has 1 aromatic carbocycles. The highest BCUT2D eigenvalue weighted by Gasteiger charge is 2.41. The van der Waals surface area contributed by atoms with Gasteiger partial charge in [0.1, 0.15) is 5.52 Å². The summed E-state index contributed by atoms with van der Waals surface area (Å²) in [5.74, 6) is 2.43. The van der Waals surface area contributed by atoms with E-state index in [2.05, 4.69) is 26.2 Å². The molecule has 0 amide bonds. The average Bonchev–Trinajstić information content (AvgIpc) is 3.00. The molecule has 1 aliphatic heterocycles. The van der Waals surface area contributed by atoms with Crippen LogP contribution in [0.4, 0.5) is 0 Å². The van der Waals surface area contributed by atoms with E-state index in [-0.39, 0.29) is 0 Å². The van der Waals surface area contributed by atoms with Gasteiger partial charge in [0, 0.05) is 4.47 Å². The molecular weight excluding hydrogens is 292 g/mol. The van der Waals surface area contributed by atoms with Crippen molar-refractivity contribution in [3.8, 4) is 0 Å². The third-order valence-electron chi connectivity index (χ3n) is 4.38. The van der Waals surface area contributed by atoms with Gasteiger partial charge in [-0.3, -0.25) is 0 Å². The SMILES string of the molecule is Brc1ccc2oc(C3NCC4CCCC43)nc2c1. The van der Waals surface area contributed by atoms with E-state index >= 15 is 0 Å². The Balaban J connectivity index is 1.74. The van der Waals surface area contributed by atoms with Crippen molar-refractivity contribution >= 4 is 27.0 Å². The second kappa shape index (κ2) is 4.07. The lowest BCUT2D eigenvalue weighted by molar-refractivity contribution is 0.356. The Morgan fingerprint density at radius 2 is 2.28 bits per heavy atom. The lowest BCUT2D eigenvalue weighted by Gasteiger charge is -2.13. The third kappa shape index (κ3) is 1.62. The lowest BCUT2D eigenvalue weighted by Crippen LogP contribution is -2.17. The van der Waals surface area contributed by atoms with E-state index in [0.717, 1.165) is 39.8 Å². The summed E-state index contributed by atoms with van der Waals surface area (Å²) >= 11 is 3.47. The van der Waals surface area contributed by atoms with E-state index in [4.69, 9.17) is 4.42 Å². The summed E-state index contributed by atoms with van der Waals surface area (Å²) in [5.41, 5.74) is 1.83. The van der Waals surface area contributed by atoms with Crippen molar-refractivity contribution in [1.82, 2.24) is 10.3 Å². The maximum atomic E-state index is 5.92. The summed E-state index contributed by atoms with van der Waals surface area (Å²) in [7, 11) is 0. The molecule has 1 saturated heterocycles. The van der Waals surface area contributed by atoms with E-state index in [1.165, 1.54) is 19.3 Å². The fraction of sp³-hybridized carbons (Fsp3) is 0.500. The zero-order valence-electron chi connectivity index (χ0n) is 10.0. The van der Waals surface area contributed by atoms with Gasteiger partial charge in [0.15, 0.2) is 5.58 Å². The standard InChI is InChI=1S/C14H15BrN2O/c15-9-4-5-12-11(6-9)17-14(18-12)13-10-3-1-2-8(10)7-16-13/h4-6,8,10,13,16H,1-3,7H2. The number of hydrogen-bond acceptors (Lipinski definition) is 3. The number of rotatable bonds is 1. The molecule has 0 bridgehead atoms. The van der Waals surface area contributed by atoms with Crippen molar-refractivity contribution in [2.24, 2.45) is 11.8 Å². The fourth-order valence-electron chi connectivity index (χ4n) is 3.51. The highest BCUT2D eigenvalue weighted by molar-refractivity contribution is 9.10. The summed E-state index contributed by atoms with van der Waals surface area (Å²) in [6.45, 7) is 1.12. The first-order chi connectivity index (χ1) is 8.81. The Kier molecular flexibility index (Phi) is 2.49. The summed E-state index contributed by atoms with van der Waals surface area (Å²) in [6, 6.07) is 6.32. The van der Waals surface area contributed by atoms with Crippen molar-refractivity contribution in [1.29, 1.82) is 0 Å². The van der Waals surface area contributed by atoms with Crippen LogP contribution in [0.5, 0.6) is 0 Å². The molecule has 4 heteroatoms. The molecule has 0 spiro atoms. The predicted molar refractivity (Wildman–Crippen MR) is 73.3 cm³/mol. The van der Waals surface area contributed by atoms with Crippen LogP contribution in [0.1, 0.15) is 31.2 Å². The molecule has 4 rings (SSSR count). The van der Waals surface area contributed by atoms with Gasteiger partial charge in [0.2, 0.25) is 5.89 Å². The largest absolute Gasteiger partial charge is 0.439 e. The molecule has 2 aliphatic rings. The molecule has 2 aromatic rings. The van der Waals surface area contributed by atoms with E-state index in [1.807, 2.05) is 18.2 Å². The van der Waals surface area contributed by atoms with Gasteiger partial charge in [-0.2, -0.15) is 0 Å². The summed E-state index contributed by atoms with van der Waals surface area (Å²) < 4.78 is 6.97. The number of fused-ring (bicyclic) bond motifs is 2.